The second kappa shape index (κ2) is 8.39. The van der Waals surface area contributed by atoms with Crippen molar-refractivity contribution in [3.63, 3.8) is 0 Å². The summed E-state index contributed by atoms with van der Waals surface area (Å²) in [7, 11) is 0. The summed E-state index contributed by atoms with van der Waals surface area (Å²) in [6.45, 7) is 3.38. The summed E-state index contributed by atoms with van der Waals surface area (Å²) in [6, 6.07) is 7.48. The molecule has 1 aromatic rings. The Balaban J connectivity index is 1.53. The van der Waals surface area contributed by atoms with E-state index in [9.17, 15) is 4.79 Å². The van der Waals surface area contributed by atoms with E-state index >= 15 is 0 Å². The Morgan fingerprint density at radius 1 is 1.27 bits per heavy atom. The molecule has 2 rings (SSSR count). The molecule has 1 aliphatic heterocycles. The summed E-state index contributed by atoms with van der Waals surface area (Å²) in [6.07, 6.45) is 4.79. The number of para-hydroxylation sites is 1. The molecule has 1 saturated heterocycles. The van der Waals surface area contributed by atoms with E-state index in [-0.39, 0.29) is 5.97 Å². The van der Waals surface area contributed by atoms with Gasteiger partial charge in [0.15, 0.2) is 5.60 Å². The predicted molar refractivity (Wildman–Crippen MR) is 85.3 cm³/mol. The molecule has 0 aliphatic carbocycles. The van der Waals surface area contributed by atoms with Crippen LogP contribution in [0.4, 0.5) is 0 Å². The zero-order chi connectivity index (χ0) is 15.8. The monoisotopic (exact) mass is 326 g/mol. The minimum Gasteiger partial charge on any atom is -0.492 e. The molecule has 0 amide bonds. The molecule has 1 atom stereocenters. The Kier molecular flexibility index (Phi) is 6.52. The highest BCUT2D eigenvalue weighted by atomic mass is 35.5. The molecule has 0 bridgehead atoms. The Morgan fingerprint density at radius 2 is 2.00 bits per heavy atom. The van der Waals surface area contributed by atoms with Crippen molar-refractivity contribution >= 4 is 17.6 Å². The lowest BCUT2D eigenvalue weighted by molar-refractivity contribution is -0.149. The third-order valence-electron chi connectivity index (χ3n) is 3.71. The zero-order valence-electron chi connectivity index (χ0n) is 13.0. The molecule has 0 N–H and O–H groups in total. The van der Waals surface area contributed by atoms with E-state index in [0.717, 1.165) is 37.9 Å². The van der Waals surface area contributed by atoms with E-state index in [4.69, 9.17) is 25.8 Å². The van der Waals surface area contributed by atoms with E-state index in [0.29, 0.717) is 24.8 Å². The van der Waals surface area contributed by atoms with Gasteiger partial charge in [-0.15, -0.1) is 0 Å². The van der Waals surface area contributed by atoms with Gasteiger partial charge in [-0.1, -0.05) is 36.6 Å². The van der Waals surface area contributed by atoms with Crippen LogP contribution >= 0.6 is 11.6 Å². The Bertz CT molecular complexity index is 485. The SMILES string of the molecule is CCOC(=O)[C@@]1(CCCCCCOc2ccccc2Cl)CO1. The van der Waals surface area contributed by atoms with Crippen molar-refractivity contribution in [3.05, 3.63) is 29.3 Å². The first-order chi connectivity index (χ1) is 10.7. The molecular weight excluding hydrogens is 304 g/mol. The number of carbonyl (C=O) groups excluding carboxylic acids is 1. The second-order valence-electron chi connectivity index (χ2n) is 5.45. The normalized spacial score (nSPS) is 19.7. The maximum atomic E-state index is 11.7. The number of halogens is 1. The third-order valence-corrected chi connectivity index (χ3v) is 4.02. The van der Waals surface area contributed by atoms with Crippen LogP contribution in [0.5, 0.6) is 5.75 Å². The van der Waals surface area contributed by atoms with Crippen LogP contribution < -0.4 is 4.74 Å². The number of carbonyl (C=O) groups is 1. The van der Waals surface area contributed by atoms with E-state index in [2.05, 4.69) is 0 Å². The minimum atomic E-state index is -0.635. The van der Waals surface area contributed by atoms with Gasteiger partial charge in [0.05, 0.1) is 24.8 Å². The van der Waals surface area contributed by atoms with E-state index in [1.807, 2.05) is 31.2 Å². The highest BCUT2D eigenvalue weighted by molar-refractivity contribution is 6.32. The number of hydrogen-bond donors (Lipinski definition) is 0. The first kappa shape index (κ1) is 17.1. The van der Waals surface area contributed by atoms with Crippen LogP contribution in [0.15, 0.2) is 24.3 Å². The van der Waals surface area contributed by atoms with Gasteiger partial charge in [0, 0.05) is 0 Å². The topological polar surface area (TPSA) is 48.1 Å². The largest absolute Gasteiger partial charge is 0.492 e. The zero-order valence-corrected chi connectivity index (χ0v) is 13.7. The van der Waals surface area contributed by atoms with Crippen molar-refractivity contribution in [1.82, 2.24) is 0 Å². The second-order valence-corrected chi connectivity index (χ2v) is 5.85. The molecule has 1 fully saturated rings. The lowest BCUT2D eigenvalue weighted by Crippen LogP contribution is -2.27. The molecule has 1 heterocycles. The fourth-order valence-corrected chi connectivity index (χ4v) is 2.51. The van der Waals surface area contributed by atoms with Crippen LogP contribution in [0.2, 0.25) is 5.02 Å². The van der Waals surface area contributed by atoms with Gasteiger partial charge < -0.3 is 14.2 Å². The first-order valence-electron chi connectivity index (χ1n) is 7.86. The maximum absolute atomic E-state index is 11.7. The Labute approximate surface area is 136 Å². The standard InChI is InChI=1S/C17H23ClO4/c1-2-20-16(19)17(13-22-17)11-7-3-4-8-12-21-15-10-6-5-9-14(15)18/h5-6,9-10H,2-4,7-8,11-13H2,1H3/t17-/m1/s1. The van der Waals surface area contributed by atoms with Crippen molar-refractivity contribution in [2.24, 2.45) is 0 Å². The molecule has 0 unspecified atom stereocenters. The van der Waals surface area contributed by atoms with Crippen LogP contribution in [-0.2, 0) is 14.3 Å². The maximum Gasteiger partial charge on any atom is 0.340 e. The number of hydrogen-bond acceptors (Lipinski definition) is 4. The Morgan fingerprint density at radius 3 is 2.68 bits per heavy atom. The lowest BCUT2D eigenvalue weighted by atomic mass is 10.0. The number of benzene rings is 1. The highest BCUT2D eigenvalue weighted by Crippen LogP contribution is 2.34. The van der Waals surface area contributed by atoms with Crippen LogP contribution in [0, 0.1) is 0 Å². The summed E-state index contributed by atoms with van der Waals surface area (Å²) in [5, 5.41) is 0.643. The molecule has 0 spiro atoms. The molecule has 1 aromatic carbocycles. The molecule has 0 aromatic heterocycles. The molecule has 0 saturated carbocycles. The van der Waals surface area contributed by atoms with Crippen LogP contribution in [0.1, 0.15) is 39.0 Å². The van der Waals surface area contributed by atoms with Crippen molar-refractivity contribution in [2.75, 3.05) is 19.8 Å². The van der Waals surface area contributed by atoms with Gasteiger partial charge in [-0.05, 0) is 38.3 Å². The number of esters is 1. The van der Waals surface area contributed by atoms with Crippen molar-refractivity contribution in [3.8, 4) is 5.75 Å². The van der Waals surface area contributed by atoms with Gasteiger partial charge in [-0.25, -0.2) is 4.79 Å². The summed E-state index contributed by atoms with van der Waals surface area (Å²) in [5.74, 6) is 0.522. The molecular formula is C17H23ClO4. The number of unbranched alkanes of at least 4 members (excludes halogenated alkanes) is 3. The average molecular weight is 327 g/mol. The van der Waals surface area contributed by atoms with Crippen LogP contribution in [0.25, 0.3) is 0 Å². The Hall–Kier alpha value is -1.26. The third kappa shape index (κ3) is 4.89. The summed E-state index contributed by atoms with van der Waals surface area (Å²) in [5.41, 5.74) is -0.635. The van der Waals surface area contributed by atoms with Crippen molar-refractivity contribution < 1.29 is 19.0 Å². The lowest BCUT2D eigenvalue weighted by Gasteiger charge is -2.10. The predicted octanol–water partition coefficient (Wildman–Crippen LogP) is 4.00. The smallest absolute Gasteiger partial charge is 0.340 e. The molecule has 0 radical (unpaired) electrons. The fourth-order valence-electron chi connectivity index (χ4n) is 2.32. The van der Waals surface area contributed by atoms with E-state index < -0.39 is 5.60 Å². The quantitative estimate of drug-likeness (QED) is 0.370. The highest BCUT2D eigenvalue weighted by Gasteiger charge is 2.52. The van der Waals surface area contributed by atoms with Crippen molar-refractivity contribution in [2.45, 2.75) is 44.6 Å². The minimum absolute atomic E-state index is 0.211. The van der Waals surface area contributed by atoms with Crippen molar-refractivity contribution in [1.29, 1.82) is 0 Å². The van der Waals surface area contributed by atoms with Gasteiger partial charge in [-0.2, -0.15) is 0 Å². The summed E-state index contributed by atoms with van der Waals surface area (Å²) < 4.78 is 16.0. The van der Waals surface area contributed by atoms with Gasteiger partial charge in [0.25, 0.3) is 0 Å². The van der Waals surface area contributed by atoms with Gasteiger partial charge >= 0.3 is 5.97 Å². The first-order valence-corrected chi connectivity index (χ1v) is 8.24. The van der Waals surface area contributed by atoms with Crippen LogP contribution in [-0.4, -0.2) is 31.4 Å². The average Bonchev–Trinajstić information content (AvgIpc) is 3.29. The van der Waals surface area contributed by atoms with Gasteiger partial charge in [0.1, 0.15) is 5.75 Å². The number of epoxide rings is 1. The number of ether oxygens (including phenoxy) is 3. The van der Waals surface area contributed by atoms with E-state index in [1.54, 1.807) is 0 Å². The van der Waals surface area contributed by atoms with Gasteiger partial charge in [-0.3, -0.25) is 0 Å². The van der Waals surface area contributed by atoms with E-state index in [1.165, 1.54) is 0 Å². The molecule has 5 heteroatoms. The van der Waals surface area contributed by atoms with Crippen LogP contribution in [0.3, 0.4) is 0 Å². The number of rotatable bonds is 10. The summed E-state index contributed by atoms with van der Waals surface area (Å²) >= 11 is 6.02. The molecule has 1 aliphatic rings. The molecule has 122 valence electrons. The summed E-state index contributed by atoms with van der Waals surface area (Å²) in [4.78, 5) is 11.7. The van der Waals surface area contributed by atoms with Gasteiger partial charge in [0.2, 0.25) is 0 Å². The fraction of sp³-hybridized carbons (Fsp3) is 0.588. The molecule has 4 nitrogen and oxygen atoms in total. The molecule has 22 heavy (non-hydrogen) atoms.